The Labute approximate surface area is 102 Å². The minimum atomic E-state index is -4.37. The van der Waals surface area contributed by atoms with E-state index in [2.05, 4.69) is 4.98 Å². The van der Waals surface area contributed by atoms with Gasteiger partial charge in [0.1, 0.15) is 11.4 Å². The predicted octanol–water partition coefficient (Wildman–Crippen LogP) is 3.78. The zero-order valence-corrected chi connectivity index (χ0v) is 9.49. The Morgan fingerprint density at radius 1 is 1.17 bits per heavy atom. The second kappa shape index (κ2) is 4.33. The average Bonchev–Trinajstić information content (AvgIpc) is 2.29. The van der Waals surface area contributed by atoms with Crippen LogP contribution in [0.2, 0.25) is 0 Å². The number of aryl methyl sites for hydroxylation is 1. The summed E-state index contributed by atoms with van der Waals surface area (Å²) in [5.74, 6) is -0.0552. The summed E-state index contributed by atoms with van der Waals surface area (Å²) < 4.78 is 37.5. The molecule has 0 unspecified atom stereocenters. The summed E-state index contributed by atoms with van der Waals surface area (Å²) in [5.41, 5.74) is 0.475. The lowest BCUT2D eigenvalue weighted by atomic mass is 10.0. The highest BCUT2D eigenvalue weighted by molar-refractivity contribution is 5.69. The van der Waals surface area contributed by atoms with Crippen molar-refractivity contribution < 1.29 is 18.3 Å². The highest BCUT2D eigenvalue weighted by Gasteiger charge is 2.30. The fraction of sp³-hybridized carbons (Fsp3) is 0.154. The molecule has 94 valence electrons. The Bertz CT molecular complexity index is 579. The maximum Gasteiger partial charge on any atom is 0.416 e. The third-order valence-corrected chi connectivity index (χ3v) is 2.60. The van der Waals surface area contributed by atoms with Gasteiger partial charge in [0.2, 0.25) is 0 Å². The number of alkyl halides is 3. The van der Waals surface area contributed by atoms with Crippen LogP contribution in [0.1, 0.15) is 11.1 Å². The van der Waals surface area contributed by atoms with Gasteiger partial charge in [0, 0.05) is 11.8 Å². The van der Waals surface area contributed by atoms with Gasteiger partial charge in [-0.3, -0.25) is 4.98 Å². The number of aromatic hydroxyl groups is 1. The van der Waals surface area contributed by atoms with E-state index in [1.807, 2.05) is 0 Å². The zero-order valence-electron chi connectivity index (χ0n) is 9.49. The lowest BCUT2D eigenvalue weighted by Gasteiger charge is -2.11. The molecular formula is C13H10F3NO. The van der Waals surface area contributed by atoms with Crippen LogP contribution < -0.4 is 0 Å². The molecule has 0 atom stereocenters. The second-order valence-corrected chi connectivity index (χ2v) is 3.90. The van der Waals surface area contributed by atoms with Gasteiger partial charge >= 0.3 is 6.18 Å². The highest BCUT2D eigenvalue weighted by Crippen LogP contribution is 2.34. The van der Waals surface area contributed by atoms with Gasteiger partial charge in [-0.1, -0.05) is 6.07 Å². The fourth-order valence-electron chi connectivity index (χ4n) is 1.71. The molecule has 18 heavy (non-hydrogen) atoms. The topological polar surface area (TPSA) is 33.1 Å². The maximum atomic E-state index is 12.5. The van der Waals surface area contributed by atoms with E-state index in [1.54, 1.807) is 13.0 Å². The molecule has 1 heterocycles. The summed E-state index contributed by atoms with van der Waals surface area (Å²) in [4.78, 5) is 3.97. The largest absolute Gasteiger partial charge is 0.506 e. The minimum Gasteiger partial charge on any atom is -0.506 e. The normalized spacial score (nSPS) is 11.6. The number of rotatable bonds is 1. The molecule has 0 saturated carbocycles. The Balaban J connectivity index is 2.52. The summed E-state index contributed by atoms with van der Waals surface area (Å²) >= 11 is 0. The molecule has 0 radical (unpaired) electrons. The van der Waals surface area contributed by atoms with Gasteiger partial charge in [-0.25, -0.2) is 0 Å². The number of nitrogens with zero attached hydrogens (tertiary/aromatic N) is 1. The lowest BCUT2D eigenvalue weighted by molar-refractivity contribution is -0.137. The molecule has 1 aromatic carbocycles. The molecule has 0 amide bonds. The van der Waals surface area contributed by atoms with Crippen LogP contribution in [-0.2, 0) is 6.18 Å². The van der Waals surface area contributed by atoms with Crippen LogP contribution in [0, 0.1) is 6.92 Å². The van der Waals surface area contributed by atoms with Crippen molar-refractivity contribution >= 4 is 0 Å². The van der Waals surface area contributed by atoms with Crippen molar-refractivity contribution in [3.8, 4) is 17.0 Å². The molecule has 0 saturated heterocycles. The number of pyridine rings is 1. The van der Waals surface area contributed by atoms with Crippen LogP contribution >= 0.6 is 0 Å². The number of aromatic nitrogens is 1. The Morgan fingerprint density at radius 2 is 1.89 bits per heavy atom. The van der Waals surface area contributed by atoms with Crippen molar-refractivity contribution in [3.05, 3.63) is 47.7 Å². The molecule has 0 bridgehead atoms. The van der Waals surface area contributed by atoms with Gasteiger partial charge < -0.3 is 5.11 Å². The van der Waals surface area contributed by atoms with Crippen LogP contribution in [0.5, 0.6) is 5.75 Å². The van der Waals surface area contributed by atoms with Crippen molar-refractivity contribution in [1.29, 1.82) is 0 Å². The van der Waals surface area contributed by atoms with Gasteiger partial charge in [-0.2, -0.15) is 13.2 Å². The van der Waals surface area contributed by atoms with E-state index in [9.17, 15) is 18.3 Å². The molecule has 2 aromatic rings. The first-order valence-electron chi connectivity index (χ1n) is 5.22. The molecule has 1 N–H and O–H groups in total. The highest BCUT2D eigenvalue weighted by atomic mass is 19.4. The van der Waals surface area contributed by atoms with Crippen molar-refractivity contribution in [3.63, 3.8) is 0 Å². The quantitative estimate of drug-likeness (QED) is 0.838. The molecule has 1 aromatic heterocycles. The monoisotopic (exact) mass is 253 g/mol. The first kappa shape index (κ1) is 12.4. The molecule has 2 nitrogen and oxygen atoms in total. The smallest absolute Gasteiger partial charge is 0.416 e. The van der Waals surface area contributed by atoms with Crippen molar-refractivity contribution in [1.82, 2.24) is 4.98 Å². The summed E-state index contributed by atoms with van der Waals surface area (Å²) in [6.07, 6.45) is -2.89. The van der Waals surface area contributed by atoms with Crippen LogP contribution in [-0.4, -0.2) is 10.1 Å². The molecule has 5 heteroatoms. The van der Waals surface area contributed by atoms with Crippen LogP contribution in [0.25, 0.3) is 11.3 Å². The minimum absolute atomic E-state index is 0.0552. The number of hydrogen-bond donors (Lipinski definition) is 1. The maximum absolute atomic E-state index is 12.5. The first-order valence-corrected chi connectivity index (χ1v) is 5.22. The third kappa shape index (κ3) is 2.30. The Morgan fingerprint density at radius 3 is 2.44 bits per heavy atom. The summed E-state index contributed by atoms with van der Waals surface area (Å²) in [7, 11) is 0. The number of benzene rings is 1. The van der Waals surface area contributed by atoms with E-state index < -0.39 is 11.7 Å². The van der Waals surface area contributed by atoms with Gasteiger partial charge in [-0.15, -0.1) is 0 Å². The van der Waals surface area contributed by atoms with Crippen LogP contribution in [0.15, 0.2) is 36.5 Å². The molecule has 0 spiro atoms. The predicted molar refractivity (Wildman–Crippen MR) is 61.1 cm³/mol. The molecule has 2 rings (SSSR count). The van der Waals surface area contributed by atoms with E-state index >= 15 is 0 Å². The van der Waals surface area contributed by atoms with Gasteiger partial charge in [0.05, 0.1) is 5.56 Å². The number of hydrogen-bond acceptors (Lipinski definition) is 2. The van der Waals surface area contributed by atoms with E-state index in [4.69, 9.17) is 0 Å². The molecular weight excluding hydrogens is 243 g/mol. The number of halogens is 3. The van der Waals surface area contributed by atoms with Gasteiger partial charge in [0.25, 0.3) is 0 Å². The Hall–Kier alpha value is -2.04. The van der Waals surface area contributed by atoms with Crippen molar-refractivity contribution in [2.75, 3.05) is 0 Å². The van der Waals surface area contributed by atoms with E-state index in [0.717, 1.165) is 12.1 Å². The standard InChI is InChI=1S/C13H10F3NO/c1-8-7-9(13(14,15)16)4-5-10(8)12-11(18)3-2-6-17-12/h2-7,18H,1H3. The van der Waals surface area contributed by atoms with E-state index in [0.29, 0.717) is 11.1 Å². The molecule has 0 fully saturated rings. The second-order valence-electron chi connectivity index (χ2n) is 3.90. The molecule has 0 aliphatic carbocycles. The lowest BCUT2D eigenvalue weighted by Crippen LogP contribution is -2.05. The zero-order chi connectivity index (χ0) is 13.3. The summed E-state index contributed by atoms with van der Waals surface area (Å²) in [6, 6.07) is 6.35. The van der Waals surface area contributed by atoms with Gasteiger partial charge in [-0.05, 0) is 36.8 Å². The Kier molecular flexibility index (Phi) is 2.98. The molecule has 0 aliphatic rings. The average molecular weight is 253 g/mol. The van der Waals surface area contributed by atoms with E-state index in [-0.39, 0.29) is 11.4 Å². The van der Waals surface area contributed by atoms with E-state index in [1.165, 1.54) is 18.3 Å². The SMILES string of the molecule is Cc1cc(C(F)(F)F)ccc1-c1ncccc1O. The third-order valence-electron chi connectivity index (χ3n) is 2.60. The van der Waals surface area contributed by atoms with Gasteiger partial charge in [0.15, 0.2) is 0 Å². The van der Waals surface area contributed by atoms with Crippen LogP contribution in [0.3, 0.4) is 0 Å². The first-order chi connectivity index (χ1) is 8.39. The summed E-state index contributed by atoms with van der Waals surface area (Å²) in [5, 5.41) is 9.63. The molecule has 0 aliphatic heterocycles. The van der Waals surface area contributed by atoms with Crippen molar-refractivity contribution in [2.45, 2.75) is 13.1 Å². The fourth-order valence-corrected chi connectivity index (χ4v) is 1.71. The van der Waals surface area contributed by atoms with Crippen molar-refractivity contribution in [2.24, 2.45) is 0 Å². The summed E-state index contributed by atoms with van der Waals surface area (Å²) in [6.45, 7) is 1.55. The van der Waals surface area contributed by atoms with Crippen LogP contribution in [0.4, 0.5) is 13.2 Å².